The second-order valence-corrected chi connectivity index (χ2v) is 24.3. The molecule has 464 valence electrons. The van der Waals surface area contributed by atoms with Gasteiger partial charge in [0.15, 0.2) is 0 Å². The standard InChI is InChI=1S/C71H123N2O7P/c1-7-10-13-16-19-22-25-27-29-31-33-34-35-36-37-38-40-41-43-45-48-51-54-57-60-63-70(74)72-68(67-79-81(76,77)78-66-65-73(4,5)6)69(62-59-56-53-50-47-24-21-18-15-12-9-3)80-71(75)64-61-58-55-52-49-46-44-42-39-32-30-28-26-23-20-17-14-11-8-2/h11,14,19-20,22-23,27-30,33-34,39,42,46,49,55,58-59,62,68-69H,7-10,12-13,15-18,21,24-26,31-32,35-38,40-41,43-45,47-48,50-54,56-57,60-61,63-67H2,1-6H3,(H-,72,74,76,77)/b14-11-,22-19-,23-20-,29-27-,30-28-,34-33-,42-39-,49-46-,58-55-,62-59-. The Balaban J connectivity index is 5.21. The van der Waals surface area contributed by atoms with E-state index in [0.29, 0.717) is 23.9 Å². The first-order chi connectivity index (χ1) is 39.4. The van der Waals surface area contributed by atoms with Gasteiger partial charge in [-0.15, -0.1) is 0 Å². The molecule has 1 N–H and O–H groups in total. The predicted molar refractivity (Wildman–Crippen MR) is 348 cm³/mol. The molecule has 0 saturated heterocycles. The Bertz CT molecular complexity index is 1800. The molecule has 3 atom stereocenters. The van der Waals surface area contributed by atoms with Crippen LogP contribution in [0.3, 0.4) is 0 Å². The van der Waals surface area contributed by atoms with Crippen LogP contribution in [0, 0.1) is 0 Å². The van der Waals surface area contributed by atoms with Gasteiger partial charge >= 0.3 is 5.97 Å². The van der Waals surface area contributed by atoms with Crippen LogP contribution in [0.25, 0.3) is 0 Å². The first-order valence-corrected chi connectivity index (χ1v) is 34.3. The number of hydrogen-bond acceptors (Lipinski definition) is 7. The highest BCUT2D eigenvalue weighted by atomic mass is 31.2. The van der Waals surface area contributed by atoms with Gasteiger partial charge < -0.3 is 28.5 Å². The van der Waals surface area contributed by atoms with Crippen molar-refractivity contribution in [2.24, 2.45) is 0 Å². The van der Waals surface area contributed by atoms with Gasteiger partial charge in [0.05, 0.1) is 33.8 Å². The number of hydrogen-bond donors (Lipinski definition) is 1. The average Bonchev–Trinajstić information content (AvgIpc) is 3.44. The minimum atomic E-state index is -4.72. The second-order valence-electron chi connectivity index (χ2n) is 22.9. The van der Waals surface area contributed by atoms with E-state index in [1.54, 1.807) is 6.08 Å². The molecule has 3 unspecified atom stereocenters. The monoisotopic (exact) mass is 1150 g/mol. The Morgan fingerprint density at radius 3 is 1.23 bits per heavy atom. The fourth-order valence-electron chi connectivity index (χ4n) is 8.85. The van der Waals surface area contributed by atoms with Crippen LogP contribution in [0.1, 0.15) is 265 Å². The number of likely N-dealkylation sites (N-methyl/N-ethyl adjacent to an activating group) is 1. The zero-order valence-electron chi connectivity index (χ0n) is 52.9. The lowest BCUT2D eigenvalue weighted by Crippen LogP contribution is -2.47. The largest absolute Gasteiger partial charge is 0.756 e. The van der Waals surface area contributed by atoms with Crippen LogP contribution in [0.5, 0.6) is 0 Å². The minimum absolute atomic E-state index is 0.0396. The molecule has 0 saturated carbocycles. The summed E-state index contributed by atoms with van der Waals surface area (Å²) >= 11 is 0. The number of carbonyl (C=O) groups excluding carboxylic acids is 2. The lowest BCUT2D eigenvalue weighted by atomic mass is 10.0. The molecular weight excluding hydrogens is 1020 g/mol. The van der Waals surface area contributed by atoms with Crippen molar-refractivity contribution in [1.82, 2.24) is 5.32 Å². The third kappa shape index (κ3) is 60.8. The Hall–Kier alpha value is -3.59. The van der Waals surface area contributed by atoms with E-state index in [9.17, 15) is 19.0 Å². The molecule has 10 heteroatoms. The van der Waals surface area contributed by atoms with E-state index in [1.165, 1.54) is 128 Å². The Morgan fingerprint density at radius 2 is 0.802 bits per heavy atom. The van der Waals surface area contributed by atoms with E-state index in [2.05, 4.69) is 123 Å². The SMILES string of the molecule is CC/C=C\C/C=C\C/C=C\C/C=C\C/C=C\C/C=C\CCC(=O)OC(/C=C\CCCCCCCCCCC)C(COP(=O)([O-])OCC[N+](C)(C)C)NC(=O)CCCCCCCCCCCCCC/C=C\C/C=C\C/C=C\CCCCC. The van der Waals surface area contributed by atoms with E-state index in [4.69, 9.17) is 13.8 Å². The number of ether oxygens (including phenoxy) is 1. The van der Waals surface area contributed by atoms with Gasteiger partial charge in [0, 0.05) is 12.8 Å². The molecular formula is C71H123N2O7P. The highest BCUT2D eigenvalue weighted by Crippen LogP contribution is 2.38. The third-order valence-electron chi connectivity index (χ3n) is 13.9. The first-order valence-electron chi connectivity index (χ1n) is 32.8. The molecule has 0 radical (unpaired) electrons. The van der Waals surface area contributed by atoms with E-state index < -0.39 is 32.5 Å². The fourth-order valence-corrected chi connectivity index (χ4v) is 9.57. The average molecular weight is 1150 g/mol. The maximum atomic E-state index is 13.6. The van der Waals surface area contributed by atoms with Crippen LogP contribution >= 0.6 is 7.82 Å². The number of phosphoric acid groups is 1. The molecule has 0 fully saturated rings. The van der Waals surface area contributed by atoms with Crippen molar-refractivity contribution >= 4 is 19.7 Å². The van der Waals surface area contributed by atoms with Crippen molar-refractivity contribution in [1.29, 1.82) is 0 Å². The van der Waals surface area contributed by atoms with Gasteiger partial charge in [0.25, 0.3) is 7.82 Å². The molecule has 1 amide bonds. The van der Waals surface area contributed by atoms with E-state index >= 15 is 0 Å². The van der Waals surface area contributed by atoms with Crippen molar-refractivity contribution in [2.75, 3.05) is 40.9 Å². The summed E-state index contributed by atoms with van der Waals surface area (Å²) in [4.78, 5) is 40.0. The lowest BCUT2D eigenvalue weighted by molar-refractivity contribution is -0.870. The number of phosphoric ester groups is 1. The van der Waals surface area contributed by atoms with E-state index in [-0.39, 0.29) is 18.9 Å². The molecule has 0 heterocycles. The Kier molecular flexibility index (Phi) is 56.9. The maximum absolute atomic E-state index is 13.6. The van der Waals surface area contributed by atoms with Gasteiger partial charge in [-0.05, 0) is 109 Å². The summed E-state index contributed by atoms with van der Waals surface area (Å²) in [6.45, 7) is 6.64. The van der Waals surface area contributed by atoms with Gasteiger partial charge in [-0.1, -0.05) is 265 Å². The van der Waals surface area contributed by atoms with Crippen molar-refractivity contribution < 1.29 is 37.3 Å². The number of rotatable bonds is 58. The molecule has 81 heavy (non-hydrogen) atoms. The summed E-state index contributed by atoms with van der Waals surface area (Å²) in [5.41, 5.74) is 0. The van der Waals surface area contributed by atoms with Crippen LogP contribution in [-0.4, -0.2) is 69.4 Å². The summed E-state index contributed by atoms with van der Waals surface area (Å²) in [5.74, 6) is -0.646. The normalized spacial score (nSPS) is 14.4. The number of esters is 1. The molecule has 0 aromatic heterocycles. The van der Waals surface area contributed by atoms with Gasteiger partial charge in [0.2, 0.25) is 5.91 Å². The Labute approximate surface area is 499 Å². The zero-order chi connectivity index (χ0) is 59.3. The molecule has 0 bridgehead atoms. The Morgan fingerprint density at radius 1 is 0.444 bits per heavy atom. The van der Waals surface area contributed by atoms with Crippen LogP contribution < -0.4 is 10.2 Å². The van der Waals surface area contributed by atoms with Gasteiger partial charge in [0.1, 0.15) is 19.3 Å². The van der Waals surface area contributed by atoms with Crippen LogP contribution in [0.2, 0.25) is 0 Å². The van der Waals surface area contributed by atoms with Crippen molar-refractivity contribution in [3.8, 4) is 0 Å². The molecule has 0 aliphatic heterocycles. The van der Waals surface area contributed by atoms with Crippen molar-refractivity contribution in [2.45, 2.75) is 277 Å². The third-order valence-corrected chi connectivity index (χ3v) is 14.9. The smallest absolute Gasteiger partial charge is 0.306 e. The zero-order valence-corrected chi connectivity index (χ0v) is 53.8. The summed E-state index contributed by atoms with van der Waals surface area (Å²) < 4.78 is 30.3. The highest BCUT2D eigenvalue weighted by Gasteiger charge is 2.27. The molecule has 0 aliphatic rings. The molecule has 0 spiro atoms. The van der Waals surface area contributed by atoms with Gasteiger partial charge in [-0.25, -0.2) is 0 Å². The second kappa shape index (κ2) is 59.6. The first kappa shape index (κ1) is 77.4. The molecule has 0 aromatic rings. The summed E-state index contributed by atoms with van der Waals surface area (Å²) in [6.07, 6.45) is 83.3. The van der Waals surface area contributed by atoms with Crippen LogP contribution in [0.4, 0.5) is 0 Å². The molecule has 0 aromatic carbocycles. The lowest BCUT2D eigenvalue weighted by Gasteiger charge is -2.30. The quantitative estimate of drug-likeness (QED) is 0.0212. The fraction of sp³-hybridized carbons (Fsp3) is 0.690. The van der Waals surface area contributed by atoms with Gasteiger partial charge in [-0.2, -0.15) is 0 Å². The van der Waals surface area contributed by atoms with Crippen molar-refractivity contribution in [3.63, 3.8) is 0 Å². The molecule has 9 nitrogen and oxygen atoms in total. The van der Waals surface area contributed by atoms with E-state index in [0.717, 1.165) is 96.3 Å². The summed E-state index contributed by atoms with van der Waals surface area (Å²) in [7, 11) is 1.13. The number of nitrogens with one attached hydrogen (secondary N) is 1. The minimum Gasteiger partial charge on any atom is -0.756 e. The summed E-state index contributed by atoms with van der Waals surface area (Å²) in [6, 6.07) is -0.928. The highest BCUT2D eigenvalue weighted by molar-refractivity contribution is 7.45. The number of carbonyl (C=O) groups is 2. The maximum Gasteiger partial charge on any atom is 0.306 e. The molecule has 0 aliphatic carbocycles. The van der Waals surface area contributed by atoms with Gasteiger partial charge in [-0.3, -0.25) is 14.2 Å². The van der Waals surface area contributed by atoms with Crippen LogP contribution in [0.15, 0.2) is 122 Å². The number of amides is 1. The van der Waals surface area contributed by atoms with E-state index in [1.807, 2.05) is 39.4 Å². The predicted octanol–water partition coefficient (Wildman–Crippen LogP) is 20.0. The number of allylic oxidation sites excluding steroid dienone is 19. The number of nitrogens with zero attached hydrogens (tertiary/aromatic N) is 1. The summed E-state index contributed by atoms with van der Waals surface area (Å²) in [5, 5.41) is 3.01. The number of unbranched alkanes of at least 4 members (excludes halogenated alkanes) is 24. The number of quaternary nitrogens is 1. The topological polar surface area (TPSA) is 114 Å². The molecule has 0 rings (SSSR count). The van der Waals surface area contributed by atoms with Crippen molar-refractivity contribution in [3.05, 3.63) is 122 Å². The van der Waals surface area contributed by atoms with Crippen LogP contribution in [-0.2, 0) is 27.9 Å².